The summed E-state index contributed by atoms with van der Waals surface area (Å²) in [4.78, 5) is 12.6. The Morgan fingerprint density at radius 1 is 0.452 bits per heavy atom. The van der Waals surface area contributed by atoms with E-state index in [0.717, 1.165) is 61.3 Å². The molecular weight excluding hydrogens is 512 g/mol. The minimum atomic E-state index is 0.903. The van der Waals surface area contributed by atoms with Gasteiger partial charge < -0.3 is 4.90 Å². The molecule has 0 N–H and O–H groups in total. The van der Waals surface area contributed by atoms with Gasteiger partial charge in [-0.15, -0.1) is 0 Å². The van der Waals surface area contributed by atoms with E-state index in [1.54, 1.807) is 0 Å². The van der Waals surface area contributed by atoms with E-state index in [9.17, 15) is 0 Å². The summed E-state index contributed by atoms with van der Waals surface area (Å²) in [6.07, 6.45) is 0. The maximum Gasteiger partial charge on any atom is 0.165 e. The summed E-state index contributed by atoms with van der Waals surface area (Å²) in [7, 11) is 0. The van der Waals surface area contributed by atoms with Crippen LogP contribution in [-0.2, 0) is 0 Å². The van der Waals surface area contributed by atoms with E-state index in [1.165, 1.54) is 16.3 Å². The van der Waals surface area contributed by atoms with Crippen LogP contribution in [0.4, 0.5) is 17.1 Å². The highest BCUT2D eigenvalue weighted by molar-refractivity contribution is 6.23. The van der Waals surface area contributed by atoms with E-state index in [0.29, 0.717) is 0 Å². The number of aromatic nitrogens is 3. The van der Waals surface area contributed by atoms with Crippen molar-refractivity contribution in [1.29, 1.82) is 0 Å². The lowest BCUT2D eigenvalue weighted by Crippen LogP contribution is -2.09. The molecule has 0 spiro atoms. The van der Waals surface area contributed by atoms with Gasteiger partial charge in [-0.3, -0.25) is 4.40 Å². The first kappa shape index (κ1) is 23.0. The molecule has 0 aliphatic rings. The van der Waals surface area contributed by atoms with Crippen molar-refractivity contribution < 1.29 is 0 Å². The molecule has 9 rings (SSSR count). The van der Waals surface area contributed by atoms with Gasteiger partial charge in [0.1, 0.15) is 5.52 Å². The van der Waals surface area contributed by atoms with Gasteiger partial charge in [-0.1, -0.05) is 78.9 Å². The average Bonchev–Trinajstić information content (AvgIpc) is 3.56. The zero-order valence-electron chi connectivity index (χ0n) is 22.6. The van der Waals surface area contributed by atoms with Gasteiger partial charge in [-0.25, -0.2) is 9.97 Å². The zero-order valence-corrected chi connectivity index (χ0v) is 22.6. The number of nitrogens with zero attached hydrogens (tertiary/aromatic N) is 4. The number of rotatable bonds is 4. The van der Waals surface area contributed by atoms with Crippen LogP contribution in [0.25, 0.3) is 60.5 Å². The van der Waals surface area contributed by atoms with Crippen molar-refractivity contribution in [1.82, 2.24) is 14.4 Å². The molecule has 0 unspecified atom stereocenters. The first-order valence-electron chi connectivity index (χ1n) is 14.2. The Bertz CT molecular complexity index is 2370. The maximum atomic E-state index is 5.14. The molecule has 0 saturated carbocycles. The number of anilines is 3. The van der Waals surface area contributed by atoms with E-state index in [4.69, 9.17) is 9.97 Å². The molecule has 0 bridgehead atoms. The highest BCUT2D eigenvalue weighted by atomic mass is 15.1. The third-order valence-corrected chi connectivity index (χ3v) is 8.25. The van der Waals surface area contributed by atoms with Crippen LogP contribution in [0, 0.1) is 0 Å². The average molecular weight is 537 g/mol. The van der Waals surface area contributed by atoms with Gasteiger partial charge in [0.25, 0.3) is 0 Å². The summed E-state index contributed by atoms with van der Waals surface area (Å²) in [5, 5.41) is 3.57. The van der Waals surface area contributed by atoms with Crippen molar-refractivity contribution in [2.75, 3.05) is 4.90 Å². The Kier molecular flexibility index (Phi) is 4.87. The van der Waals surface area contributed by atoms with Crippen molar-refractivity contribution in [2.45, 2.75) is 0 Å². The lowest BCUT2D eigenvalue weighted by Gasteiger charge is -2.26. The molecule has 9 aromatic rings. The Hall–Kier alpha value is -5.74. The fourth-order valence-corrected chi connectivity index (χ4v) is 6.42. The summed E-state index contributed by atoms with van der Waals surface area (Å²) in [6, 6.07) is 51.3. The van der Waals surface area contributed by atoms with E-state index < -0.39 is 0 Å². The quantitative estimate of drug-likeness (QED) is 0.224. The van der Waals surface area contributed by atoms with Crippen LogP contribution >= 0.6 is 0 Å². The van der Waals surface area contributed by atoms with Crippen LogP contribution in [0.2, 0.25) is 0 Å². The highest BCUT2D eigenvalue weighted by Gasteiger charge is 2.21. The van der Waals surface area contributed by atoms with Crippen LogP contribution in [0.5, 0.6) is 0 Å². The normalized spacial score (nSPS) is 11.8. The van der Waals surface area contributed by atoms with Crippen LogP contribution in [0.15, 0.2) is 146 Å². The minimum Gasteiger partial charge on any atom is -0.310 e. The van der Waals surface area contributed by atoms with Crippen molar-refractivity contribution in [3.05, 3.63) is 146 Å². The predicted molar refractivity (Wildman–Crippen MR) is 174 cm³/mol. The van der Waals surface area contributed by atoms with Gasteiger partial charge >= 0.3 is 0 Å². The largest absolute Gasteiger partial charge is 0.310 e. The lowest BCUT2D eigenvalue weighted by atomic mass is 9.99. The zero-order chi connectivity index (χ0) is 27.6. The molecule has 196 valence electrons. The molecule has 0 amide bonds. The molecule has 4 heteroatoms. The van der Waals surface area contributed by atoms with Gasteiger partial charge in [0.15, 0.2) is 5.65 Å². The van der Waals surface area contributed by atoms with Crippen molar-refractivity contribution >= 4 is 66.5 Å². The smallest absolute Gasteiger partial charge is 0.165 e. The second-order valence-corrected chi connectivity index (χ2v) is 10.7. The van der Waals surface area contributed by atoms with Crippen LogP contribution in [0.1, 0.15) is 0 Å². The van der Waals surface area contributed by atoms with E-state index >= 15 is 0 Å². The lowest BCUT2D eigenvalue weighted by molar-refractivity contribution is 1.28. The van der Waals surface area contributed by atoms with Gasteiger partial charge in [0.2, 0.25) is 0 Å². The van der Waals surface area contributed by atoms with E-state index in [1.807, 2.05) is 24.3 Å². The molecular formula is C38H24N4. The predicted octanol–water partition coefficient (Wildman–Crippen LogP) is 9.92. The Morgan fingerprint density at radius 3 is 1.83 bits per heavy atom. The second-order valence-electron chi connectivity index (χ2n) is 10.7. The molecule has 42 heavy (non-hydrogen) atoms. The third-order valence-electron chi connectivity index (χ3n) is 8.25. The minimum absolute atomic E-state index is 0.903. The summed E-state index contributed by atoms with van der Waals surface area (Å²) < 4.78 is 2.29. The molecule has 0 atom stereocenters. The van der Waals surface area contributed by atoms with Crippen LogP contribution in [0.3, 0.4) is 0 Å². The Labute approximate surface area is 242 Å². The summed E-state index contributed by atoms with van der Waals surface area (Å²) in [5.41, 5.74) is 11.6. The standard InChI is InChI=1S/C38H24N4/c1-3-13-27(14-4-1)41(28-15-5-2-6-16-28)29-17-11-12-25(22-29)26-23-31-30-18-7-10-21-35(30)42-37(31)32(24-26)36-38(42)40-34-20-9-8-19-33(34)39-36/h1-24H. The summed E-state index contributed by atoms with van der Waals surface area (Å²) >= 11 is 0. The van der Waals surface area contributed by atoms with Gasteiger partial charge in [-0.05, 0) is 77.9 Å². The first-order chi connectivity index (χ1) is 20.8. The fraction of sp³-hybridized carbons (Fsp3) is 0. The number of hydrogen-bond acceptors (Lipinski definition) is 3. The molecule has 0 radical (unpaired) electrons. The first-order valence-corrected chi connectivity index (χ1v) is 14.2. The van der Waals surface area contributed by atoms with Crippen molar-refractivity contribution in [2.24, 2.45) is 0 Å². The van der Waals surface area contributed by atoms with Crippen LogP contribution in [-0.4, -0.2) is 14.4 Å². The topological polar surface area (TPSA) is 33.4 Å². The third kappa shape index (κ3) is 3.36. The van der Waals surface area contributed by atoms with Crippen molar-refractivity contribution in [3.8, 4) is 11.1 Å². The van der Waals surface area contributed by atoms with Gasteiger partial charge in [0, 0.05) is 33.2 Å². The number of fused-ring (bicyclic) bond motifs is 7. The maximum absolute atomic E-state index is 5.14. The SMILES string of the molecule is c1ccc(N(c2ccccc2)c2cccc(-c3cc4c5ccccc5n5c6nc7ccccc7nc6c(c3)c45)c2)cc1. The molecule has 0 fully saturated rings. The van der Waals surface area contributed by atoms with Crippen LogP contribution < -0.4 is 4.90 Å². The fourth-order valence-electron chi connectivity index (χ4n) is 6.42. The molecule has 0 aliphatic carbocycles. The van der Waals surface area contributed by atoms with E-state index in [2.05, 4.69) is 131 Å². The van der Waals surface area contributed by atoms with Crippen molar-refractivity contribution in [3.63, 3.8) is 0 Å². The summed E-state index contributed by atoms with van der Waals surface area (Å²) in [5.74, 6) is 0. The second kappa shape index (κ2) is 8.88. The molecule has 0 aliphatic heterocycles. The molecule has 6 aromatic carbocycles. The highest BCUT2D eigenvalue weighted by Crippen LogP contribution is 2.42. The molecule has 4 nitrogen and oxygen atoms in total. The summed E-state index contributed by atoms with van der Waals surface area (Å²) in [6.45, 7) is 0. The van der Waals surface area contributed by atoms with Gasteiger partial charge in [-0.2, -0.15) is 0 Å². The number of hydrogen-bond donors (Lipinski definition) is 0. The molecule has 3 heterocycles. The molecule has 0 saturated heterocycles. The molecule has 3 aromatic heterocycles. The monoisotopic (exact) mass is 536 g/mol. The Balaban J connectivity index is 1.32. The Morgan fingerprint density at radius 2 is 1.07 bits per heavy atom. The van der Waals surface area contributed by atoms with E-state index in [-0.39, 0.29) is 0 Å². The number of para-hydroxylation sites is 5. The van der Waals surface area contributed by atoms with Gasteiger partial charge in [0.05, 0.1) is 22.1 Å². The number of benzene rings is 6.